The van der Waals surface area contributed by atoms with Gasteiger partial charge in [0.15, 0.2) is 0 Å². The van der Waals surface area contributed by atoms with Crippen LogP contribution in [0.1, 0.15) is 12.8 Å². The molecule has 110 valence electrons. The first-order valence-corrected chi connectivity index (χ1v) is 7.29. The first-order valence-electron chi connectivity index (χ1n) is 7.29. The van der Waals surface area contributed by atoms with E-state index >= 15 is 0 Å². The summed E-state index contributed by atoms with van der Waals surface area (Å²) in [5.74, 6) is 1.59. The average Bonchev–Trinajstić information content (AvgIpc) is 2.56. The number of anilines is 1. The second-order valence-electron chi connectivity index (χ2n) is 5.29. The van der Waals surface area contributed by atoms with Crippen LogP contribution in [0.4, 0.5) is 5.82 Å². The van der Waals surface area contributed by atoms with Crippen LogP contribution in [0.15, 0.2) is 12.4 Å². The number of piperazine rings is 1. The minimum absolute atomic E-state index is 0.627. The Morgan fingerprint density at radius 2 is 1.90 bits per heavy atom. The van der Waals surface area contributed by atoms with E-state index in [2.05, 4.69) is 19.8 Å². The van der Waals surface area contributed by atoms with Crippen LogP contribution >= 0.6 is 0 Å². The van der Waals surface area contributed by atoms with Crippen molar-refractivity contribution in [2.75, 3.05) is 51.4 Å². The lowest BCUT2D eigenvalue weighted by Gasteiger charge is -2.41. The Labute approximate surface area is 119 Å². The van der Waals surface area contributed by atoms with Crippen LogP contribution in [0.25, 0.3) is 0 Å². The Balaban J connectivity index is 1.57. The summed E-state index contributed by atoms with van der Waals surface area (Å²) >= 11 is 0. The minimum Gasteiger partial charge on any atom is -0.481 e. The normalized spacial score (nSPS) is 21.9. The average molecular weight is 278 g/mol. The molecule has 0 unspecified atom stereocenters. The molecule has 0 radical (unpaired) electrons. The monoisotopic (exact) mass is 278 g/mol. The van der Waals surface area contributed by atoms with E-state index in [1.807, 2.05) is 6.07 Å². The van der Waals surface area contributed by atoms with Crippen molar-refractivity contribution in [3.63, 3.8) is 0 Å². The summed E-state index contributed by atoms with van der Waals surface area (Å²) in [5, 5.41) is 0. The fourth-order valence-electron chi connectivity index (χ4n) is 2.98. The number of nitrogens with zero attached hydrogens (tertiary/aromatic N) is 4. The van der Waals surface area contributed by atoms with E-state index in [-0.39, 0.29) is 0 Å². The number of aromatic nitrogens is 2. The molecule has 6 heteroatoms. The van der Waals surface area contributed by atoms with Gasteiger partial charge in [0.25, 0.3) is 0 Å². The van der Waals surface area contributed by atoms with Crippen molar-refractivity contribution in [3.05, 3.63) is 12.4 Å². The summed E-state index contributed by atoms with van der Waals surface area (Å²) in [5.41, 5.74) is 0. The van der Waals surface area contributed by atoms with Gasteiger partial charge in [0.05, 0.1) is 7.11 Å². The third-order valence-electron chi connectivity index (χ3n) is 4.18. The molecule has 20 heavy (non-hydrogen) atoms. The van der Waals surface area contributed by atoms with Crippen molar-refractivity contribution in [3.8, 4) is 5.88 Å². The molecule has 0 aliphatic carbocycles. The zero-order valence-electron chi connectivity index (χ0n) is 12.0. The molecule has 6 nitrogen and oxygen atoms in total. The molecule has 3 rings (SSSR count). The molecule has 0 bridgehead atoms. The quantitative estimate of drug-likeness (QED) is 0.814. The highest BCUT2D eigenvalue weighted by atomic mass is 16.5. The van der Waals surface area contributed by atoms with Gasteiger partial charge in [-0.3, -0.25) is 4.90 Å². The zero-order chi connectivity index (χ0) is 13.8. The summed E-state index contributed by atoms with van der Waals surface area (Å²) in [6, 6.07) is 2.61. The molecule has 0 saturated carbocycles. The van der Waals surface area contributed by atoms with E-state index < -0.39 is 0 Å². The molecule has 1 aromatic rings. The largest absolute Gasteiger partial charge is 0.481 e. The maximum absolute atomic E-state index is 5.44. The lowest BCUT2D eigenvalue weighted by atomic mass is 10.1. The fourth-order valence-corrected chi connectivity index (χ4v) is 2.98. The van der Waals surface area contributed by atoms with Crippen molar-refractivity contribution in [1.82, 2.24) is 14.9 Å². The molecule has 2 aliphatic rings. The maximum Gasteiger partial charge on any atom is 0.218 e. The maximum atomic E-state index is 5.44. The van der Waals surface area contributed by atoms with Gasteiger partial charge in [-0.1, -0.05) is 0 Å². The van der Waals surface area contributed by atoms with Gasteiger partial charge in [-0.05, 0) is 12.8 Å². The smallest absolute Gasteiger partial charge is 0.218 e. The van der Waals surface area contributed by atoms with Crippen molar-refractivity contribution in [2.45, 2.75) is 18.9 Å². The Morgan fingerprint density at radius 1 is 1.15 bits per heavy atom. The summed E-state index contributed by atoms with van der Waals surface area (Å²) in [6.45, 7) is 6.03. The number of ether oxygens (including phenoxy) is 2. The summed E-state index contributed by atoms with van der Waals surface area (Å²) < 4.78 is 10.6. The first-order chi connectivity index (χ1) is 9.86. The molecule has 0 amide bonds. The van der Waals surface area contributed by atoms with E-state index in [4.69, 9.17) is 9.47 Å². The lowest BCUT2D eigenvalue weighted by Crippen LogP contribution is -2.51. The number of rotatable bonds is 3. The lowest BCUT2D eigenvalue weighted by molar-refractivity contribution is 0.0321. The van der Waals surface area contributed by atoms with Crippen LogP contribution < -0.4 is 9.64 Å². The molecule has 0 N–H and O–H groups in total. The molecular weight excluding hydrogens is 256 g/mol. The Bertz CT molecular complexity index is 429. The van der Waals surface area contributed by atoms with Gasteiger partial charge in [0.1, 0.15) is 12.1 Å². The fraction of sp³-hybridized carbons (Fsp3) is 0.714. The van der Waals surface area contributed by atoms with E-state index in [9.17, 15) is 0 Å². The van der Waals surface area contributed by atoms with Crippen LogP contribution in [-0.4, -0.2) is 67.4 Å². The molecule has 2 aliphatic heterocycles. The van der Waals surface area contributed by atoms with Crippen LogP contribution in [0.3, 0.4) is 0 Å². The van der Waals surface area contributed by atoms with Gasteiger partial charge in [0.2, 0.25) is 5.88 Å². The highest BCUT2D eigenvalue weighted by Gasteiger charge is 2.25. The van der Waals surface area contributed by atoms with Crippen molar-refractivity contribution in [1.29, 1.82) is 0 Å². The van der Waals surface area contributed by atoms with Crippen LogP contribution in [0.5, 0.6) is 5.88 Å². The first kappa shape index (κ1) is 13.6. The van der Waals surface area contributed by atoms with Gasteiger partial charge >= 0.3 is 0 Å². The van der Waals surface area contributed by atoms with E-state index in [1.54, 1.807) is 13.4 Å². The molecule has 1 aromatic heterocycles. The number of methoxy groups -OCH3 is 1. The van der Waals surface area contributed by atoms with Crippen LogP contribution in [-0.2, 0) is 4.74 Å². The molecule has 0 spiro atoms. The van der Waals surface area contributed by atoms with Crippen molar-refractivity contribution < 1.29 is 9.47 Å². The van der Waals surface area contributed by atoms with Crippen molar-refractivity contribution in [2.24, 2.45) is 0 Å². The van der Waals surface area contributed by atoms with Gasteiger partial charge in [-0.2, -0.15) is 0 Å². The molecule has 3 heterocycles. The Kier molecular flexibility index (Phi) is 4.32. The van der Waals surface area contributed by atoms with Crippen molar-refractivity contribution >= 4 is 5.82 Å². The molecule has 2 fully saturated rings. The third kappa shape index (κ3) is 3.02. The van der Waals surface area contributed by atoms with E-state index in [0.29, 0.717) is 11.9 Å². The SMILES string of the molecule is COc1cc(N2CCN(C3CCOCC3)CC2)ncn1. The predicted octanol–water partition coefficient (Wildman–Crippen LogP) is 0.786. The second kappa shape index (κ2) is 6.37. The van der Waals surface area contributed by atoms with Gasteiger partial charge in [0, 0.05) is 51.5 Å². The Hall–Kier alpha value is -1.40. The van der Waals surface area contributed by atoms with Crippen LogP contribution in [0, 0.1) is 0 Å². The molecule has 0 aromatic carbocycles. The van der Waals surface area contributed by atoms with Gasteiger partial charge < -0.3 is 14.4 Å². The second-order valence-corrected chi connectivity index (χ2v) is 5.29. The molecular formula is C14H22N4O2. The highest BCUT2D eigenvalue weighted by molar-refractivity contribution is 5.41. The minimum atomic E-state index is 0.627. The summed E-state index contributed by atoms with van der Waals surface area (Å²) in [6.07, 6.45) is 3.90. The molecule has 0 atom stereocenters. The zero-order valence-corrected chi connectivity index (χ0v) is 12.0. The Morgan fingerprint density at radius 3 is 2.60 bits per heavy atom. The van der Waals surface area contributed by atoms with Gasteiger partial charge in [-0.25, -0.2) is 9.97 Å². The highest BCUT2D eigenvalue weighted by Crippen LogP contribution is 2.20. The van der Waals surface area contributed by atoms with Gasteiger partial charge in [-0.15, -0.1) is 0 Å². The summed E-state index contributed by atoms with van der Waals surface area (Å²) in [4.78, 5) is 13.3. The van der Waals surface area contributed by atoms with Crippen LogP contribution in [0.2, 0.25) is 0 Å². The van der Waals surface area contributed by atoms with E-state index in [1.165, 1.54) is 12.8 Å². The standard InChI is InChI=1S/C14H22N4O2/c1-19-14-10-13(15-11-16-14)18-6-4-17(5-7-18)12-2-8-20-9-3-12/h10-12H,2-9H2,1H3. The third-order valence-corrected chi connectivity index (χ3v) is 4.18. The molecule has 2 saturated heterocycles. The predicted molar refractivity (Wildman–Crippen MR) is 76.2 cm³/mol. The number of hydrogen-bond acceptors (Lipinski definition) is 6. The topological polar surface area (TPSA) is 50.7 Å². The number of hydrogen-bond donors (Lipinski definition) is 0. The summed E-state index contributed by atoms with van der Waals surface area (Å²) in [7, 11) is 1.63. The van der Waals surface area contributed by atoms with E-state index in [0.717, 1.165) is 45.2 Å².